The zero-order valence-corrected chi connectivity index (χ0v) is 10.4. The molecule has 0 spiro atoms. The lowest BCUT2D eigenvalue weighted by atomic mass is 10.3. The number of hydrogen-bond acceptors (Lipinski definition) is 3. The Labute approximate surface area is 101 Å². The van der Waals surface area contributed by atoms with Crippen LogP contribution >= 0.6 is 11.8 Å². The minimum Gasteiger partial charge on any atom is -0.282 e. The summed E-state index contributed by atoms with van der Waals surface area (Å²) in [6.45, 7) is 1.40. The van der Waals surface area contributed by atoms with Gasteiger partial charge in [0, 0.05) is 4.90 Å². The Hall–Kier alpha value is -0.890. The van der Waals surface area contributed by atoms with Crippen LogP contribution in [0.4, 0.5) is 18.9 Å². The fourth-order valence-electron chi connectivity index (χ4n) is 1.00. The van der Waals surface area contributed by atoms with Gasteiger partial charge in [0.2, 0.25) is 10.0 Å². The maximum atomic E-state index is 12.2. The lowest BCUT2D eigenvalue weighted by Crippen LogP contribution is -2.15. The van der Waals surface area contributed by atoms with Crippen LogP contribution in [0.25, 0.3) is 0 Å². The van der Waals surface area contributed by atoms with E-state index in [1.54, 1.807) is 0 Å². The summed E-state index contributed by atoms with van der Waals surface area (Å²) in [5, 5.41) is 0. The average molecular weight is 285 g/mol. The van der Waals surface area contributed by atoms with Crippen LogP contribution in [0, 0.1) is 0 Å². The molecule has 1 aromatic rings. The third-order valence-electron chi connectivity index (χ3n) is 1.76. The van der Waals surface area contributed by atoms with Gasteiger partial charge in [-0.15, -0.1) is 0 Å². The summed E-state index contributed by atoms with van der Waals surface area (Å²) in [7, 11) is -3.58. The van der Waals surface area contributed by atoms with Crippen LogP contribution in [0.3, 0.4) is 0 Å². The van der Waals surface area contributed by atoms with Crippen molar-refractivity contribution >= 4 is 27.5 Å². The monoisotopic (exact) mass is 285 g/mol. The highest BCUT2D eigenvalue weighted by atomic mass is 32.2. The summed E-state index contributed by atoms with van der Waals surface area (Å²) >= 11 is -0.348. The molecule has 0 heterocycles. The first-order chi connectivity index (χ1) is 7.73. The van der Waals surface area contributed by atoms with E-state index in [-0.39, 0.29) is 28.1 Å². The number of alkyl halides is 3. The molecule has 0 radical (unpaired) electrons. The fraction of sp³-hybridized carbons (Fsp3) is 0.333. The van der Waals surface area contributed by atoms with E-state index in [4.69, 9.17) is 0 Å². The smallest absolute Gasteiger partial charge is 0.282 e. The van der Waals surface area contributed by atoms with E-state index >= 15 is 0 Å². The topological polar surface area (TPSA) is 46.2 Å². The van der Waals surface area contributed by atoms with Crippen molar-refractivity contribution in [1.29, 1.82) is 0 Å². The van der Waals surface area contributed by atoms with Gasteiger partial charge in [0.25, 0.3) is 0 Å². The van der Waals surface area contributed by atoms with E-state index in [2.05, 4.69) is 4.72 Å². The highest BCUT2D eigenvalue weighted by molar-refractivity contribution is 8.00. The van der Waals surface area contributed by atoms with Crippen molar-refractivity contribution in [2.24, 2.45) is 0 Å². The van der Waals surface area contributed by atoms with Gasteiger partial charge in [-0.3, -0.25) is 4.72 Å². The Morgan fingerprint density at radius 3 is 2.41 bits per heavy atom. The van der Waals surface area contributed by atoms with Crippen molar-refractivity contribution in [2.75, 3.05) is 10.5 Å². The Morgan fingerprint density at radius 1 is 1.29 bits per heavy atom. The van der Waals surface area contributed by atoms with Gasteiger partial charge in [-0.25, -0.2) is 8.42 Å². The fourth-order valence-corrected chi connectivity index (χ4v) is 2.35. The third kappa shape index (κ3) is 4.86. The molecule has 1 rings (SSSR count). The average Bonchev–Trinajstić information content (AvgIpc) is 2.19. The van der Waals surface area contributed by atoms with Crippen LogP contribution in [0.15, 0.2) is 29.2 Å². The molecule has 0 bridgehead atoms. The number of thioether (sulfide) groups is 1. The lowest BCUT2D eigenvalue weighted by molar-refractivity contribution is -0.0327. The molecule has 17 heavy (non-hydrogen) atoms. The summed E-state index contributed by atoms with van der Waals surface area (Å²) in [6, 6.07) is 5.39. The van der Waals surface area contributed by atoms with Crippen LogP contribution < -0.4 is 4.72 Å². The molecule has 96 valence electrons. The van der Waals surface area contributed by atoms with Gasteiger partial charge < -0.3 is 0 Å². The molecular formula is C9H10F3NO2S2. The first-order valence-corrected chi connectivity index (χ1v) is 7.05. The number of rotatable bonds is 4. The van der Waals surface area contributed by atoms with E-state index in [0.29, 0.717) is 0 Å². The third-order valence-corrected chi connectivity index (χ3v) is 3.86. The minimum atomic E-state index is -4.45. The normalized spacial score (nSPS) is 12.5. The number of halogens is 3. The SMILES string of the molecule is CCS(=O)(=O)Nc1ccccc1SC(F)(F)F. The maximum Gasteiger partial charge on any atom is 0.446 e. The number of benzene rings is 1. The number of sulfonamides is 1. The van der Waals surface area contributed by atoms with Crippen LogP contribution in [0.2, 0.25) is 0 Å². The van der Waals surface area contributed by atoms with E-state index < -0.39 is 15.5 Å². The van der Waals surface area contributed by atoms with Gasteiger partial charge >= 0.3 is 5.51 Å². The molecule has 0 aliphatic heterocycles. The van der Waals surface area contributed by atoms with E-state index in [1.807, 2.05) is 0 Å². The highest BCUT2D eigenvalue weighted by Crippen LogP contribution is 2.40. The Balaban J connectivity index is 3.01. The van der Waals surface area contributed by atoms with Crippen LogP contribution in [0.5, 0.6) is 0 Å². The molecular weight excluding hydrogens is 275 g/mol. The quantitative estimate of drug-likeness (QED) is 0.865. The Bertz CT molecular complexity index is 485. The highest BCUT2D eigenvalue weighted by Gasteiger charge is 2.30. The summed E-state index contributed by atoms with van der Waals surface area (Å²) in [5.41, 5.74) is -4.51. The summed E-state index contributed by atoms with van der Waals surface area (Å²) in [5.74, 6) is -0.196. The molecule has 0 aliphatic carbocycles. The van der Waals surface area contributed by atoms with Crippen molar-refractivity contribution in [1.82, 2.24) is 0 Å². The predicted molar refractivity (Wildman–Crippen MR) is 61.4 cm³/mol. The molecule has 0 fully saturated rings. The summed E-state index contributed by atoms with van der Waals surface area (Å²) < 4.78 is 61.3. The van der Waals surface area contributed by atoms with E-state index in [0.717, 1.165) is 0 Å². The van der Waals surface area contributed by atoms with Gasteiger partial charge in [-0.2, -0.15) is 13.2 Å². The molecule has 0 amide bonds. The minimum absolute atomic E-state index is 0.0586. The molecule has 8 heteroatoms. The standard InChI is InChI=1S/C9H10F3NO2S2/c1-2-17(14,15)13-7-5-3-4-6-8(7)16-9(10,11)12/h3-6,13H,2H2,1H3. The lowest BCUT2D eigenvalue weighted by Gasteiger charge is -2.12. The molecule has 0 atom stereocenters. The molecule has 1 N–H and O–H groups in total. The molecule has 0 saturated heterocycles. The summed E-state index contributed by atoms with van der Waals surface area (Å²) in [6.07, 6.45) is 0. The molecule has 1 aromatic carbocycles. The van der Waals surface area contributed by atoms with Gasteiger partial charge in [0.15, 0.2) is 0 Å². The van der Waals surface area contributed by atoms with Crippen molar-refractivity contribution in [2.45, 2.75) is 17.3 Å². The van der Waals surface area contributed by atoms with E-state index in [1.165, 1.54) is 31.2 Å². The van der Waals surface area contributed by atoms with Crippen molar-refractivity contribution < 1.29 is 21.6 Å². The van der Waals surface area contributed by atoms with Gasteiger partial charge in [-0.05, 0) is 30.8 Å². The van der Waals surface area contributed by atoms with E-state index in [9.17, 15) is 21.6 Å². The van der Waals surface area contributed by atoms with Crippen LogP contribution in [-0.2, 0) is 10.0 Å². The second-order valence-electron chi connectivity index (χ2n) is 3.05. The van der Waals surface area contributed by atoms with Gasteiger partial charge in [0.05, 0.1) is 11.4 Å². The van der Waals surface area contributed by atoms with Gasteiger partial charge in [0.1, 0.15) is 0 Å². The first-order valence-electron chi connectivity index (χ1n) is 4.59. The van der Waals surface area contributed by atoms with Crippen molar-refractivity contribution in [3.63, 3.8) is 0 Å². The van der Waals surface area contributed by atoms with Crippen LogP contribution in [-0.4, -0.2) is 19.7 Å². The first kappa shape index (κ1) is 14.2. The second-order valence-corrected chi connectivity index (χ2v) is 6.17. The number of hydrogen-bond donors (Lipinski definition) is 1. The summed E-state index contributed by atoms with van der Waals surface area (Å²) in [4.78, 5) is -0.169. The largest absolute Gasteiger partial charge is 0.446 e. The molecule has 0 aromatic heterocycles. The Kier molecular flexibility index (Phi) is 4.31. The Morgan fingerprint density at radius 2 is 1.88 bits per heavy atom. The number of nitrogens with one attached hydrogen (secondary N) is 1. The zero-order valence-electron chi connectivity index (χ0n) is 8.78. The number of para-hydroxylation sites is 1. The molecule has 3 nitrogen and oxygen atoms in total. The van der Waals surface area contributed by atoms with Crippen molar-refractivity contribution in [3.8, 4) is 0 Å². The molecule has 0 unspecified atom stereocenters. The number of anilines is 1. The zero-order chi connectivity index (χ0) is 13.1. The predicted octanol–water partition coefficient (Wildman–Crippen LogP) is 3.06. The molecule has 0 aliphatic rings. The second kappa shape index (κ2) is 5.18. The van der Waals surface area contributed by atoms with Crippen LogP contribution in [0.1, 0.15) is 6.92 Å². The maximum absolute atomic E-state index is 12.2. The van der Waals surface area contributed by atoms with Gasteiger partial charge in [-0.1, -0.05) is 12.1 Å². The molecule has 0 saturated carbocycles. The van der Waals surface area contributed by atoms with Crippen molar-refractivity contribution in [3.05, 3.63) is 24.3 Å².